The van der Waals surface area contributed by atoms with E-state index < -0.39 is 0 Å². The zero-order chi connectivity index (χ0) is 17.2. The smallest absolute Gasteiger partial charge is 0.242 e. The first-order valence-corrected chi connectivity index (χ1v) is 8.68. The maximum absolute atomic E-state index is 12.6. The number of carbonyl (C=O) groups excluding carboxylic acids is 1. The Bertz CT molecular complexity index is 814. The van der Waals surface area contributed by atoms with Crippen molar-refractivity contribution in [2.24, 2.45) is 4.99 Å². The monoisotopic (exact) mass is 335 g/mol. The van der Waals surface area contributed by atoms with Gasteiger partial charge in [-0.15, -0.1) is 0 Å². The van der Waals surface area contributed by atoms with Crippen LogP contribution in [0.2, 0.25) is 0 Å². The van der Waals surface area contributed by atoms with Gasteiger partial charge in [-0.2, -0.15) is 0 Å². The van der Waals surface area contributed by atoms with E-state index in [-0.39, 0.29) is 17.7 Å². The molecule has 1 amide bonds. The zero-order valence-corrected chi connectivity index (χ0v) is 14.0. The molecule has 128 valence electrons. The highest BCUT2D eigenvalue weighted by Gasteiger charge is 2.36. The van der Waals surface area contributed by atoms with Crippen LogP contribution in [-0.2, 0) is 17.8 Å². The quantitative estimate of drug-likeness (QED) is 0.903. The Hall–Kier alpha value is -2.82. The topological polar surface area (TPSA) is 64.9 Å². The van der Waals surface area contributed by atoms with Crippen molar-refractivity contribution >= 4 is 17.4 Å². The van der Waals surface area contributed by atoms with E-state index in [1.807, 2.05) is 30.3 Å². The molecule has 1 fully saturated rings. The van der Waals surface area contributed by atoms with Gasteiger partial charge in [0, 0.05) is 19.5 Å². The summed E-state index contributed by atoms with van der Waals surface area (Å²) in [5.41, 5.74) is 3.30. The summed E-state index contributed by atoms with van der Waals surface area (Å²) in [5, 5.41) is 12.4. The molecule has 0 aromatic heterocycles. The molecule has 5 nitrogen and oxygen atoms in total. The summed E-state index contributed by atoms with van der Waals surface area (Å²) in [6.07, 6.45) is 2.42. The molecule has 0 spiro atoms. The van der Waals surface area contributed by atoms with Crippen LogP contribution in [0.5, 0.6) is 5.75 Å². The van der Waals surface area contributed by atoms with E-state index in [9.17, 15) is 9.90 Å². The minimum atomic E-state index is -0.132. The van der Waals surface area contributed by atoms with Gasteiger partial charge in [0.05, 0.1) is 5.69 Å². The Kier molecular flexibility index (Phi) is 4.14. The fourth-order valence-electron chi connectivity index (χ4n) is 3.53. The average Bonchev–Trinajstić information content (AvgIpc) is 3.04. The van der Waals surface area contributed by atoms with Crippen LogP contribution >= 0.6 is 0 Å². The number of aromatic hydroxyl groups is 1. The third-order valence-electron chi connectivity index (χ3n) is 4.88. The number of amidine groups is 1. The first-order chi connectivity index (χ1) is 12.2. The minimum absolute atomic E-state index is 0.0726. The fraction of sp³-hybridized carbons (Fsp3) is 0.300. The maximum Gasteiger partial charge on any atom is 0.242 e. The summed E-state index contributed by atoms with van der Waals surface area (Å²) < 4.78 is 0. The highest BCUT2D eigenvalue weighted by Crippen LogP contribution is 2.32. The first kappa shape index (κ1) is 15.7. The van der Waals surface area contributed by atoms with Crippen molar-refractivity contribution in [3.63, 3.8) is 0 Å². The number of benzene rings is 2. The van der Waals surface area contributed by atoms with Crippen LogP contribution in [0.1, 0.15) is 24.0 Å². The molecule has 4 rings (SSSR count). The van der Waals surface area contributed by atoms with E-state index in [2.05, 4.69) is 16.3 Å². The standard InChI is InChI=1S/C20H21N3O2/c24-16-7-5-14(6-8-16)11-12-21-20(25)18-9-10-19-22-17-4-2-1-3-15(17)13-23(18)19/h1-8,18,24H,9-13H2,(H,21,25)/t18-/m1/s1. The number of phenolic OH excluding ortho intramolecular Hbond substituents is 1. The molecule has 0 bridgehead atoms. The molecule has 25 heavy (non-hydrogen) atoms. The molecule has 2 aromatic rings. The van der Waals surface area contributed by atoms with Gasteiger partial charge in [0.15, 0.2) is 0 Å². The molecule has 2 aliphatic heterocycles. The summed E-state index contributed by atoms with van der Waals surface area (Å²) in [4.78, 5) is 19.5. The van der Waals surface area contributed by atoms with Crippen LogP contribution in [0, 0.1) is 0 Å². The number of amides is 1. The van der Waals surface area contributed by atoms with Crippen molar-refractivity contribution in [3.05, 3.63) is 59.7 Å². The number of nitrogens with one attached hydrogen (secondary N) is 1. The first-order valence-electron chi connectivity index (χ1n) is 8.68. The van der Waals surface area contributed by atoms with Gasteiger partial charge in [-0.25, -0.2) is 4.99 Å². The number of nitrogens with zero attached hydrogens (tertiary/aromatic N) is 2. The van der Waals surface area contributed by atoms with Gasteiger partial charge in [-0.1, -0.05) is 30.3 Å². The Morgan fingerprint density at radius 3 is 2.84 bits per heavy atom. The van der Waals surface area contributed by atoms with E-state index >= 15 is 0 Å². The second-order valence-corrected chi connectivity index (χ2v) is 6.55. The minimum Gasteiger partial charge on any atom is -0.508 e. The molecule has 0 unspecified atom stereocenters. The maximum atomic E-state index is 12.6. The van der Waals surface area contributed by atoms with Crippen LogP contribution in [0.3, 0.4) is 0 Å². The summed E-state index contributed by atoms with van der Waals surface area (Å²) in [5.74, 6) is 1.36. The lowest BCUT2D eigenvalue weighted by atomic mass is 10.1. The summed E-state index contributed by atoms with van der Waals surface area (Å²) in [6.45, 7) is 1.35. The molecule has 2 N–H and O–H groups in total. The Labute approximate surface area is 147 Å². The van der Waals surface area contributed by atoms with Crippen molar-refractivity contribution in [3.8, 4) is 5.75 Å². The predicted octanol–water partition coefficient (Wildman–Crippen LogP) is 2.76. The molecule has 2 aromatic carbocycles. The van der Waals surface area contributed by atoms with E-state index in [0.717, 1.165) is 42.9 Å². The summed E-state index contributed by atoms with van der Waals surface area (Å²) in [6, 6.07) is 15.1. The van der Waals surface area contributed by atoms with Gasteiger partial charge >= 0.3 is 0 Å². The number of aliphatic imine (C=N–C) groups is 1. The Balaban J connectivity index is 1.36. The van der Waals surface area contributed by atoms with Crippen LogP contribution in [0.15, 0.2) is 53.5 Å². The Morgan fingerprint density at radius 1 is 1.20 bits per heavy atom. The molecular weight excluding hydrogens is 314 g/mol. The van der Waals surface area contributed by atoms with Gasteiger partial charge in [-0.3, -0.25) is 4.79 Å². The van der Waals surface area contributed by atoms with Crippen molar-refractivity contribution in [1.82, 2.24) is 10.2 Å². The van der Waals surface area contributed by atoms with Crippen molar-refractivity contribution in [1.29, 1.82) is 0 Å². The fourth-order valence-corrected chi connectivity index (χ4v) is 3.53. The number of phenols is 1. The lowest BCUT2D eigenvalue weighted by molar-refractivity contribution is -0.124. The van der Waals surface area contributed by atoms with Gasteiger partial charge in [0.2, 0.25) is 5.91 Å². The van der Waals surface area contributed by atoms with Crippen LogP contribution < -0.4 is 5.32 Å². The Morgan fingerprint density at radius 2 is 2.00 bits per heavy atom. The number of para-hydroxylation sites is 1. The number of rotatable bonds is 4. The molecule has 1 atom stereocenters. The van der Waals surface area contributed by atoms with Gasteiger partial charge < -0.3 is 15.3 Å². The molecule has 2 aliphatic rings. The summed E-state index contributed by atoms with van der Waals surface area (Å²) >= 11 is 0. The molecular formula is C20H21N3O2. The molecule has 1 saturated heterocycles. The second kappa shape index (κ2) is 6.59. The highest BCUT2D eigenvalue weighted by molar-refractivity contribution is 5.95. The van der Waals surface area contributed by atoms with Crippen molar-refractivity contribution in [2.75, 3.05) is 6.54 Å². The lowest BCUT2D eigenvalue weighted by Crippen LogP contribution is -2.45. The largest absolute Gasteiger partial charge is 0.508 e. The van der Waals surface area contributed by atoms with E-state index in [4.69, 9.17) is 4.99 Å². The number of hydrogen-bond donors (Lipinski definition) is 2. The SMILES string of the molecule is O=C(NCCc1ccc(O)cc1)[C@H]1CCC2=Nc3ccccc3CN21. The molecule has 0 radical (unpaired) electrons. The van der Waals surface area contributed by atoms with E-state index in [0.29, 0.717) is 6.54 Å². The molecule has 5 heteroatoms. The number of hydrogen-bond acceptors (Lipinski definition) is 4. The van der Waals surface area contributed by atoms with E-state index in [1.165, 1.54) is 5.56 Å². The van der Waals surface area contributed by atoms with Crippen molar-refractivity contribution < 1.29 is 9.90 Å². The third-order valence-corrected chi connectivity index (χ3v) is 4.88. The van der Waals surface area contributed by atoms with Crippen LogP contribution in [-0.4, -0.2) is 34.3 Å². The predicted molar refractivity (Wildman–Crippen MR) is 96.9 cm³/mol. The second-order valence-electron chi connectivity index (χ2n) is 6.55. The van der Waals surface area contributed by atoms with Crippen molar-refractivity contribution in [2.45, 2.75) is 31.8 Å². The molecule has 0 aliphatic carbocycles. The van der Waals surface area contributed by atoms with Gasteiger partial charge in [-0.05, 0) is 42.2 Å². The number of carbonyl (C=O) groups is 1. The van der Waals surface area contributed by atoms with Crippen LogP contribution in [0.4, 0.5) is 5.69 Å². The van der Waals surface area contributed by atoms with Gasteiger partial charge in [0.25, 0.3) is 0 Å². The van der Waals surface area contributed by atoms with Crippen LogP contribution in [0.25, 0.3) is 0 Å². The molecule has 2 heterocycles. The summed E-state index contributed by atoms with van der Waals surface area (Å²) in [7, 11) is 0. The average molecular weight is 335 g/mol. The molecule has 0 saturated carbocycles. The third kappa shape index (κ3) is 3.22. The van der Waals surface area contributed by atoms with E-state index in [1.54, 1.807) is 12.1 Å². The number of fused-ring (bicyclic) bond motifs is 2. The zero-order valence-electron chi connectivity index (χ0n) is 14.0. The van der Waals surface area contributed by atoms with Gasteiger partial charge in [0.1, 0.15) is 17.6 Å². The highest BCUT2D eigenvalue weighted by atomic mass is 16.3. The lowest BCUT2D eigenvalue weighted by Gasteiger charge is -2.29. The normalized spacial score (nSPS) is 18.3.